The average molecular weight is 171 g/mol. The summed E-state index contributed by atoms with van der Waals surface area (Å²) in [5.41, 5.74) is 6.05. The second-order valence-corrected chi connectivity index (χ2v) is 4.21. The average Bonchev–Trinajstić information content (AvgIpc) is 2.12. The summed E-state index contributed by atoms with van der Waals surface area (Å²) in [7, 11) is 0. The Morgan fingerprint density at radius 2 is 1.92 bits per heavy atom. The molecule has 0 heterocycles. The van der Waals surface area contributed by atoms with E-state index in [-0.39, 0.29) is 0 Å². The van der Waals surface area contributed by atoms with Crippen LogP contribution in [0.2, 0.25) is 0 Å². The minimum atomic E-state index is 0.522. The molecule has 0 aliphatic rings. The van der Waals surface area contributed by atoms with Crippen LogP contribution in [0.25, 0.3) is 0 Å². The van der Waals surface area contributed by atoms with Gasteiger partial charge in [0.25, 0.3) is 0 Å². The summed E-state index contributed by atoms with van der Waals surface area (Å²) in [5, 5.41) is 0. The van der Waals surface area contributed by atoms with Crippen molar-refractivity contribution in [2.24, 2.45) is 17.1 Å². The fourth-order valence-corrected chi connectivity index (χ4v) is 1.77. The maximum Gasteiger partial charge on any atom is -0.00771 e. The van der Waals surface area contributed by atoms with Gasteiger partial charge in [0.05, 0.1) is 0 Å². The molecule has 2 unspecified atom stereocenters. The number of nitrogens with two attached hydrogens (primary N) is 1. The Morgan fingerprint density at radius 1 is 1.33 bits per heavy atom. The van der Waals surface area contributed by atoms with Crippen LogP contribution in [0.3, 0.4) is 0 Å². The smallest absolute Gasteiger partial charge is 0.00771 e. The van der Waals surface area contributed by atoms with Gasteiger partial charge in [0.1, 0.15) is 0 Å². The Labute approximate surface area is 77.7 Å². The summed E-state index contributed by atoms with van der Waals surface area (Å²) < 4.78 is 0. The lowest BCUT2D eigenvalue weighted by atomic mass is 9.71. The van der Waals surface area contributed by atoms with Crippen LogP contribution in [-0.4, -0.2) is 6.54 Å². The first-order valence-electron chi connectivity index (χ1n) is 5.30. The van der Waals surface area contributed by atoms with E-state index in [1.165, 1.54) is 25.7 Å². The Hall–Kier alpha value is -0.0400. The molecule has 0 saturated carbocycles. The Kier molecular flexibility index (Phi) is 5.56. The minimum absolute atomic E-state index is 0.522. The van der Waals surface area contributed by atoms with Gasteiger partial charge in [0.15, 0.2) is 0 Å². The van der Waals surface area contributed by atoms with Crippen molar-refractivity contribution in [3.63, 3.8) is 0 Å². The molecular weight excluding hydrogens is 146 g/mol. The highest BCUT2D eigenvalue weighted by molar-refractivity contribution is 4.77. The third kappa shape index (κ3) is 3.14. The van der Waals surface area contributed by atoms with Crippen molar-refractivity contribution < 1.29 is 0 Å². The predicted octanol–water partition coefficient (Wildman–Crippen LogP) is 3.19. The Bertz CT molecular complexity index is 112. The second kappa shape index (κ2) is 5.58. The molecule has 2 atom stereocenters. The molecule has 0 radical (unpaired) electrons. The maximum absolute atomic E-state index is 5.53. The van der Waals surface area contributed by atoms with E-state index in [9.17, 15) is 0 Å². The molecule has 0 aliphatic heterocycles. The van der Waals surface area contributed by atoms with Crippen LogP contribution < -0.4 is 5.73 Å². The van der Waals surface area contributed by atoms with E-state index in [0.717, 1.165) is 12.5 Å². The monoisotopic (exact) mass is 171 g/mol. The summed E-state index contributed by atoms with van der Waals surface area (Å²) in [5.74, 6) is 0.828. The zero-order chi connectivity index (χ0) is 9.61. The van der Waals surface area contributed by atoms with Gasteiger partial charge in [0.2, 0.25) is 0 Å². The van der Waals surface area contributed by atoms with Crippen molar-refractivity contribution in [2.45, 2.75) is 53.4 Å². The zero-order valence-corrected chi connectivity index (χ0v) is 9.19. The highest BCUT2D eigenvalue weighted by atomic mass is 14.5. The van der Waals surface area contributed by atoms with Gasteiger partial charge < -0.3 is 5.73 Å². The maximum atomic E-state index is 5.53. The molecule has 0 aromatic heterocycles. The molecule has 0 amide bonds. The van der Waals surface area contributed by atoms with Crippen LogP contribution >= 0.6 is 0 Å². The molecular formula is C11H25N. The molecule has 12 heavy (non-hydrogen) atoms. The Balaban J connectivity index is 4.03. The largest absolute Gasteiger partial charge is 0.330 e. The van der Waals surface area contributed by atoms with Crippen molar-refractivity contribution in [1.29, 1.82) is 0 Å². The molecule has 0 aliphatic carbocycles. The van der Waals surface area contributed by atoms with Gasteiger partial charge >= 0.3 is 0 Å². The highest BCUT2D eigenvalue weighted by Gasteiger charge is 2.26. The van der Waals surface area contributed by atoms with E-state index in [2.05, 4.69) is 27.7 Å². The first-order valence-corrected chi connectivity index (χ1v) is 5.30. The number of hydrogen-bond acceptors (Lipinski definition) is 1. The normalized spacial score (nSPS) is 18.8. The molecule has 74 valence electrons. The Morgan fingerprint density at radius 3 is 2.25 bits per heavy atom. The van der Waals surface area contributed by atoms with Gasteiger partial charge in [0, 0.05) is 0 Å². The minimum Gasteiger partial charge on any atom is -0.330 e. The molecule has 0 rings (SSSR count). The van der Waals surface area contributed by atoms with E-state index in [1.807, 2.05) is 0 Å². The molecule has 0 aromatic rings. The summed E-state index contributed by atoms with van der Waals surface area (Å²) in [6, 6.07) is 0. The first-order chi connectivity index (χ1) is 5.60. The summed E-state index contributed by atoms with van der Waals surface area (Å²) >= 11 is 0. The van der Waals surface area contributed by atoms with E-state index in [4.69, 9.17) is 5.73 Å². The molecule has 2 N–H and O–H groups in total. The van der Waals surface area contributed by atoms with Crippen LogP contribution in [0.1, 0.15) is 53.4 Å². The molecule has 0 fully saturated rings. The number of hydrogen-bond donors (Lipinski definition) is 1. The second-order valence-electron chi connectivity index (χ2n) is 4.21. The van der Waals surface area contributed by atoms with E-state index < -0.39 is 0 Å². The first kappa shape index (κ1) is 12.0. The fraction of sp³-hybridized carbons (Fsp3) is 1.00. The molecule has 1 nitrogen and oxygen atoms in total. The van der Waals surface area contributed by atoms with Crippen LogP contribution in [0.15, 0.2) is 0 Å². The number of rotatable bonds is 6. The van der Waals surface area contributed by atoms with Crippen LogP contribution in [0.5, 0.6) is 0 Å². The molecule has 1 heteroatoms. The summed E-state index contributed by atoms with van der Waals surface area (Å²) in [6.45, 7) is 10.2. The van der Waals surface area contributed by atoms with Crippen molar-refractivity contribution in [2.75, 3.05) is 6.54 Å². The quantitative estimate of drug-likeness (QED) is 0.652. The van der Waals surface area contributed by atoms with Crippen LogP contribution in [-0.2, 0) is 0 Å². The third-order valence-corrected chi connectivity index (χ3v) is 3.56. The lowest BCUT2D eigenvalue weighted by Crippen LogP contribution is -2.25. The van der Waals surface area contributed by atoms with Gasteiger partial charge in [-0.05, 0) is 30.7 Å². The highest BCUT2D eigenvalue weighted by Crippen LogP contribution is 2.37. The summed E-state index contributed by atoms with van der Waals surface area (Å²) in [4.78, 5) is 0. The standard InChI is InChI=1S/C11H25N/c1-5-10(3)11(4,6-2)8-7-9-12/h10H,5-9,12H2,1-4H3. The van der Waals surface area contributed by atoms with E-state index in [1.54, 1.807) is 0 Å². The van der Waals surface area contributed by atoms with Gasteiger partial charge in [-0.2, -0.15) is 0 Å². The topological polar surface area (TPSA) is 26.0 Å². The van der Waals surface area contributed by atoms with Crippen molar-refractivity contribution in [3.8, 4) is 0 Å². The van der Waals surface area contributed by atoms with Crippen LogP contribution in [0.4, 0.5) is 0 Å². The molecule has 0 saturated heterocycles. The van der Waals surface area contributed by atoms with Crippen molar-refractivity contribution in [3.05, 3.63) is 0 Å². The van der Waals surface area contributed by atoms with E-state index in [0.29, 0.717) is 5.41 Å². The summed E-state index contributed by atoms with van der Waals surface area (Å²) in [6.07, 6.45) is 5.03. The lowest BCUT2D eigenvalue weighted by Gasteiger charge is -2.34. The predicted molar refractivity (Wildman–Crippen MR) is 56.1 cm³/mol. The fourth-order valence-electron chi connectivity index (χ4n) is 1.77. The van der Waals surface area contributed by atoms with Gasteiger partial charge in [-0.25, -0.2) is 0 Å². The van der Waals surface area contributed by atoms with Gasteiger partial charge in [-0.15, -0.1) is 0 Å². The molecule has 0 aromatic carbocycles. The lowest BCUT2D eigenvalue weighted by molar-refractivity contribution is 0.167. The molecule has 0 spiro atoms. The van der Waals surface area contributed by atoms with Crippen molar-refractivity contribution >= 4 is 0 Å². The van der Waals surface area contributed by atoms with Gasteiger partial charge in [-0.1, -0.05) is 40.5 Å². The SMILES string of the molecule is CCC(C)C(C)(CC)CCCN. The third-order valence-electron chi connectivity index (χ3n) is 3.56. The van der Waals surface area contributed by atoms with Gasteiger partial charge in [-0.3, -0.25) is 0 Å². The van der Waals surface area contributed by atoms with E-state index >= 15 is 0 Å². The molecule has 0 bridgehead atoms. The zero-order valence-electron chi connectivity index (χ0n) is 9.19. The van der Waals surface area contributed by atoms with Crippen molar-refractivity contribution in [1.82, 2.24) is 0 Å². The van der Waals surface area contributed by atoms with Crippen LogP contribution in [0, 0.1) is 11.3 Å².